The minimum atomic E-state index is -0.0430. The number of hydrogen-bond donors (Lipinski definition) is 0. The number of para-hydroxylation sites is 2. The zero-order valence-corrected chi connectivity index (χ0v) is 34.0. The molecule has 0 saturated heterocycles. The van der Waals surface area contributed by atoms with Gasteiger partial charge in [-0.05, 0) is 92.1 Å². The zero-order chi connectivity index (χ0) is 39.8. The number of nitrogens with zero attached hydrogens (tertiary/aromatic N) is 4. The normalized spacial score (nSPS) is 15.1. The molecule has 4 heteroatoms. The van der Waals surface area contributed by atoms with Crippen LogP contribution < -0.4 is 0 Å². The summed E-state index contributed by atoms with van der Waals surface area (Å²) in [7, 11) is 0. The third kappa shape index (κ3) is 5.46. The average molecular weight is 751 g/mol. The highest BCUT2D eigenvalue weighted by Crippen LogP contribution is 2.62. The predicted molar refractivity (Wildman–Crippen MR) is 241 cm³/mol. The van der Waals surface area contributed by atoms with E-state index < -0.39 is 0 Å². The van der Waals surface area contributed by atoms with Crippen molar-refractivity contribution in [3.63, 3.8) is 0 Å². The first-order chi connectivity index (χ1) is 28.0. The zero-order valence-electron chi connectivity index (χ0n) is 34.0. The molecular weight excluding hydrogens is 705 g/mol. The Morgan fingerprint density at radius 1 is 0.362 bits per heavy atom. The minimum absolute atomic E-state index is 0.0285. The van der Waals surface area contributed by atoms with Gasteiger partial charge in [0, 0.05) is 33.2 Å². The van der Waals surface area contributed by atoms with Crippen LogP contribution in [0.3, 0.4) is 0 Å². The van der Waals surface area contributed by atoms with Crippen molar-refractivity contribution in [3.05, 3.63) is 181 Å². The third-order valence-electron chi connectivity index (χ3n) is 13.8. The maximum absolute atomic E-state index is 5.02. The molecule has 0 radical (unpaired) electrons. The van der Waals surface area contributed by atoms with Crippen LogP contribution in [0.5, 0.6) is 0 Å². The van der Waals surface area contributed by atoms with Gasteiger partial charge in [0.1, 0.15) is 0 Å². The summed E-state index contributed by atoms with van der Waals surface area (Å²) in [5.41, 5.74) is 14.1. The lowest BCUT2D eigenvalue weighted by Crippen LogP contribution is -2.42. The van der Waals surface area contributed by atoms with Gasteiger partial charge in [-0.1, -0.05) is 169 Å². The van der Waals surface area contributed by atoms with Crippen LogP contribution in [0.15, 0.2) is 170 Å². The van der Waals surface area contributed by atoms with Gasteiger partial charge in [-0.3, -0.25) is 0 Å². The van der Waals surface area contributed by atoms with E-state index in [2.05, 4.69) is 155 Å². The standard InChI is InChI=1S/C54H46N4/c1-52(2)45-33-42(35-26-28-38(29-27-35)51-56-49(36-18-10-7-11-19-36)55-50(57-51)37-20-12-8-13-21-37)43(34-46(45)53(3,4)54(52,5)6)39-30-31-48-44(32-39)41-24-16-17-25-47(41)58(48)40-22-14-9-15-23-40/h7-34H,1-6H3. The predicted octanol–water partition coefficient (Wildman–Crippen LogP) is 13.9. The summed E-state index contributed by atoms with van der Waals surface area (Å²) in [6.45, 7) is 14.6. The Labute approximate surface area is 340 Å². The Morgan fingerprint density at radius 3 is 1.33 bits per heavy atom. The highest BCUT2D eigenvalue weighted by atomic mass is 15.0. The number of rotatable bonds is 6. The number of hydrogen-bond acceptors (Lipinski definition) is 3. The number of aromatic nitrogens is 4. The SMILES string of the molecule is CC1(C)c2cc(-c3ccc(-c4nc(-c5ccccc5)nc(-c5ccccc5)n4)cc3)c(-c3ccc4c(c3)c3ccccc3n4-c3ccccc3)cc2C(C)(C)C1(C)C. The van der Waals surface area contributed by atoms with Gasteiger partial charge in [-0.25, -0.2) is 15.0 Å². The van der Waals surface area contributed by atoms with E-state index in [4.69, 9.17) is 15.0 Å². The Hall–Kier alpha value is -6.65. The fraction of sp³-hybridized carbons (Fsp3) is 0.167. The molecule has 4 nitrogen and oxygen atoms in total. The third-order valence-corrected chi connectivity index (χ3v) is 13.8. The highest BCUT2D eigenvalue weighted by Gasteiger charge is 2.57. The summed E-state index contributed by atoms with van der Waals surface area (Å²) in [6, 6.07) is 60.6. The van der Waals surface area contributed by atoms with Crippen LogP contribution in [-0.4, -0.2) is 19.5 Å². The molecule has 282 valence electrons. The van der Waals surface area contributed by atoms with Gasteiger partial charge in [0.05, 0.1) is 11.0 Å². The lowest BCUT2D eigenvalue weighted by Gasteiger charge is -2.44. The molecule has 0 spiro atoms. The fourth-order valence-corrected chi connectivity index (χ4v) is 9.30. The number of fused-ring (bicyclic) bond motifs is 4. The largest absolute Gasteiger partial charge is 0.309 e. The molecular formula is C54H46N4. The van der Waals surface area contributed by atoms with Crippen LogP contribution in [0.25, 0.3) is 83.9 Å². The van der Waals surface area contributed by atoms with Crippen LogP contribution in [0.1, 0.15) is 52.7 Å². The molecule has 0 atom stereocenters. The van der Waals surface area contributed by atoms with E-state index in [0.717, 1.165) is 27.9 Å². The molecule has 2 aromatic heterocycles. The Balaban J connectivity index is 1.15. The molecule has 1 aliphatic carbocycles. The van der Waals surface area contributed by atoms with Gasteiger partial charge < -0.3 is 4.57 Å². The summed E-state index contributed by atoms with van der Waals surface area (Å²) in [6.07, 6.45) is 0. The van der Waals surface area contributed by atoms with E-state index in [1.165, 1.54) is 49.6 Å². The van der Waals surface area contributed by atoms with Gasteiger partial charge in [0.15, 0.2) is 17.5 Å². The minimum Gasteiger partial charge on any atom is -0.309 e. The van der Waals surface area contributed by atoms with Crippen LogP contribution >= 0.6 is 0 Å². The molecule has 0 aliphatic heterocycles. The molecule has 0 amide bonds. The van der Waals surface area contributed by atoms with E-state index in [0.29, 0.717) is 17.5 Å². The maximum Gasteiger partial charge on any atom is 0.164 e. The van der Waals surface area contributed by atoms with Gasteiger partial charge in [0.25, 0.3) is 0 Å². The van der Waals surface area contributed by atoms with Crippen LogP contribution in [-0.2, 0) is 10.8 Å². The molecule has 1 aliphatic rings. The summed E-state index contributed by atoms with van der Waals surface area (Å²) in [5, 5.41) is 2.50. The van der Waals surface area contributed by atoms with Crippen LogP contribution in [0.4, 0.5) is 0 Å². The van der Waals surface area contributed by atoms with Crippen molar-refractivity contribution in [2.45, 2.75) is 52.4 Å². The molecule has 10 rings (SSSR count). The Bertz CT molecular complexity index is 2940. The lowest BCUT2D eigenvalue weighted by atomic mass is 9.59. The molecule has 0 N–H and O–H groups in total. The average Bonchev–Trinajstić information content (AvgIpc) is 3.64. The molecule has 0 bridgehead atoms. The lowest BCUT2D eigenvalue weighted by molar-refractivity contribution is 0.125. The second-order valence-electron chi connectivity index (χ2n) is 17.4. The van der Waals surface area contributed by atoms with Crippen molar-refractivity contribution in [1.82, 2.24) is 19.5 Å². The summed E-state index contributed by atoms with van der Waals surface area (Å²) in [5.74, 6) is 1.97. The van der Waals surface area contributed by atoms with Crippen LogP contribution in [0.2, 0.25) is 0 Å². The second-order valence-corrected chi connectivity index (χ2v) is 17.4. The first-order valence-corrected chi connectivity index (χ1v) is 20.3. The molecule has 0 fully saturated rings. The number of benzene rings is 7. The van der Waals surface area contributed by atoms with Crippen molar-refractivity contribution in [2.24, 2.45) is 5.41 Å². The molecule has 2 heterocycles. The molecule has 58 heavy (non-hydrogen) atoms. The fourth-order valence-electron chi connectivity index (χ4n) is 9.30. The Morgan fingerprint density at radius 2 is 0.776 bits per heavy atom. The Kier molecular flexibility index (Phi) is 8.14. The van der Waals surface area contributed by atoms with E-state index in [1.54, 1.807) is 0 Å². The van der Waals surface area contributed by atoms with Gasteiger partial charge in [0.2, 0.25) is 0 Å². The maximum atomic E-state index is 5.02. The highest BCUT2D eigenvalue weighted by molar-refractivity contribution is 6.11. The second kappa shape index (κ2) is 13.2. The topological polar surface area (TPSA) is 43.6 Å². The summed E-state index contributed by atoms with van der Waals surface area (Å²) >= 11 is 0. The monoisotopic (exact) mass is 750 g/mol. The molecule has 0 saturated carbocycles. The van der Waals surface area contributed by atoms with E-state index in [9.17, 15) is 0 Å². The summed E-state index contributed by atoms with van der Waals surface area (Å²) < 4.78 is 2.39. The van der Waals surface area contributed by atoms with Crippen LogP contribution in [0, 0.1) is 5.41 Å². The van der Waals surface area contributed by atoms with E-state index in [1.807, 2.05) is 60.7 Å². The van der Waals surface area contributed by atoms with Gasteiger partial charge >= 0.3 is 0 Å². The smallest absolute Gasteiger partial charge is 0.164 e. The first kappa shape index (κ1) is 35.7. The quantitative estimate of drug-likeness (QED) is 0.170. The van der Waals surface area contributed by atoms with Crippen molar-refractivity contribution in [2.75, 3.05) is 0 Å². The molecule has 7 aromatic carbocycles. The van der Waals surface area contributed by atoms with Crippen molar-refractivity contribution < 1.29 is 0 Å². The van der Waals surface area contributed by atoms with Gasteiger partial charge in [-0.2, -0.15) is 0 Å². The van der Waals surface area contributed by atoms with Crippen molar-refractivity contribution >= 4 is 21.8 Å². The summed E-state index contributed by atoms with van der Waals surface area (Å²) in [4.78, 5) is 15.0. The molecule has 9 aromatic rings. The van der Waals surface area contributed by atoms with Crippen molar-refractivity contribution in [1.29, 1.82) is 0 Å². The van der Waals surface area contributed by atoms with Gasteiger partial charge in [-0.15, -0.1) is 0 Å². The van der Waals surface area contributed by atoms with E-state index >= 15 is 0 Å². The first-order valence-electron chi connectivity index (χ1n) is 20.3. The van der Waals surface area contributed by atoms with Crippen molar-refractivity contribution in [3.8, 4) is 62.1 Å². The molecule has 0 unspecified atom stereocenters. The van der Waals surface area contributed by atoms with E-state index in [-0.39, 0.29) is 16.2 Å².